The Morgan fingerprint density at radius 1 is 1.03 bits per heavy atom. The van der Waals surface area contributed by atoms with E-state index in [0.29, 0.717) is 17.0 Å². The molecule has 0 amide bonds. The first-order chi connectivity index (χ1) is 14.4. The number of hydrogen-bond donors (Lipinski definition) is 2. The van der Waals surface area contributed by atoms with Crippen LogP contribution in [0.1, 0.15) is 15.9 Å². The molecule has 0 aliphatic carbocycles. The first kappa shape index (κ1) is 19.3. The molecule has 152 valence electrons. The smallest absolute Gasteiger partial charge is 0.343 e. The first-order valence-electron chi connectivity index (χ1n) is 9.16. The van der Waals surface area contributed by atoms with Crippen LogP contribution in [0.2, 0.25) is 0 Å². The number of ether oxygens (including phenoxy) is 1. The molecule has 0 spiro atoms. The number of fused-ring (bicyclic) bond motifs is 1. The van der Waals surface area contributed by atoms with Crippen LogP contribution < -0.4 is 16.0 Å². The number of hydrogen-bond acceptors (Lipinski definition) is 6. The summed E-state index contributed by atoms with van der Waals surface area (Å²) in [5, 5.41) is 0. The fourth-order valence-corrected chi connectivity index (χ4v) is 3.08. The second kappa shape index (κ2) is 7.80. The Bertz CT molecular complexity index is 1310. The highest BCUT2D eigenvalue weighted by atomic mass is 16.5. The highest BCUT2D eigenvalue weighted by Crippen LogP contribution is 2.19. The predicted molar refractivity (Wildman–Crippen MR) is 111 cm³/mol. The van der Waals surface area contributed by atoms with Crippen LogP contribution in [0.25, 0.3) is 16.9 Å². The number of nitrogens with zero attached hydrogens (tertiary/aromatic N) is 3. The van der Waals surface area contributed by atoms with Crippen LogP contribution in [0.5, 0.6) is 5.75 Å². The third kappa shape index (κ3) is 3.91. The summed E-state index contributed by atoms with van der Waals surface area (Å²) in [6.45, 7) is 0.789. The van der Waals surface area contributed by atoms with Gasteiger partial charge in [-0.15, -0.1) is 0 Å². The highest BCUT2D eigenvalue weighted by molar-refractivity contribution is 5.91. The van der Waals surface area contributed by atoms with E-state index < -0.39 is 17.2 Å². The molecule has 0 saturated carbocycles. The van der Waals surface area contributed by atoms with Crippen molar-refractivity contribution in [3.8, 4) is 11.4 Å². The molecule has 30 heavy (non-hydrogen) atoms. The quantitative estimate of drug-likeness (QED) is 0.386. The molecule has 9 nitrogen and oxygen atoms in total. The normalized spacial score (nSPS) is 11.2. The summed E-state index contributed by atoms with van der Waals surface area (Å²) in [5.41, 5.74) is 1.44. The minimum absolute atomic E-state index is 0.128. The lowest BCUT2D eigenvalue weighted by Gasteiger charge is -2.10. The van der Waals surface area contributed by atoms with Gasteiger partial charge in [0.15, 0.2) is 11.2 Å². The van der Waals surface area contributed by atoms with Gasteiger partial charge in [-0.3, -0.25) is 19.3 Å². The summed E-state index contributed by atoms with van der Waals surface area (Å²) in [5.74, 6) is -0.0834. The number of benzene rings is 2. The molecule has 0 atom stereocenters. The molecule has 0 saturated heterocycles. The fourth-order valence-electron chi connectivity index (χ4n) is 3.08. The van der Waals surface area contributed by atoms with E-state index in [1.807, 2.05) is 31.1 Å². The average Bonchev–Trinajstić information content (AvgIpc) is 3.13. The van der Waals surface area contributed by atoms with E-state index in [0.717, 1.165) is 12.1 Å². The highest BCUT2D eigenvalue weighted by Gasteiger charge is 2.11. The molecule has 0 aliphatic rings. The van der Waals surface area contributed by atoms with Gasteiger partial charge in [0.2, 0.25) is 0 Å². The van der Waals surface area contributed by atoms with Gasteiger partial charge in [-0.2, -0.15) is 0 Å². The lowest BCUT2D eigenvalue weighted by Crippen LogP contribution is -2.22. The average molecular weight is 405 g/mol. The van der Waals surface area contributed by atoms with Crippen LogP contribution in [0.15, 0.2) is 64.4 Å². The maximum atomic E-state index is 12.4. The van der Waals surface area contributed by atoms with Crippen molar-refractivity contribution in [1.82, 2.24) is 24.4 Å². The van der Waals surface area contributed by atoms with Crippen molar-refractivity contribution in [2.75, 3.05) is 14.1 Å². The van der Waals surface area contributed by atoms with Gasteiger partial charge in [-0.05, 0) is 56.1 Å². The van der Waals surface area contributed by atoms with Crippen molar-refractivity contribution in [3.63, 3.8) is 0 Å². The van der Waals surface area contributed by atoms with Crippen LogP contribution in [-0.4, -0.2) is 44.5 Å². The van der Waals surface area contributed by atoms with Crippen molar-refractivity contribution in [2.24, 2.45) is 0 Å². The molecule has 4 rings (SSSR count). The van der Waals surface area contributed by atoms with E-state index in [1.165, 1.54) is 6.33 Å². The van der Waals surface area contributed by atoms with Crippen LogP contribution >= 0.6 is 0 Å². The molecule has 2 aromatic carbocycles. The second-order valence-electron chi connectivity index (χ2n) is 7.04. The number of aromatic nitrogens is 4. The standard InChI is InChI=1S/C21H19N5O4/c1-25(2)11-13-3-5-14(6-4-13)20(28)30-16-9-7-15(8-10-16)26-12-22-17-18(26)23-21(29)24-19(17)27/h3-10,12H,11H2,1-2H3,(H2,23,24,27,29). The Balaban J connectivity index is 1.52. The zero-order valence-electron chi connectivity index (χ0n) is 16.4. The van der Waals surface area contributed by atoms with Gasteiger partial charge in [0.1, 0.15) is 12.1 Å². The summed E-state index contributed by atoms with van der Waals surface area (Å²) in [6.07, 6.45) is 1.44. The van der Waals surface area contributed by atoms with E-state index in [2.05, 4.69) is 15.0 Å². The molecule has 0 unspecified atom stereocenters. The Morgan fingerprint density at radius 2 is 1.73 bits per heavy atom. The van der Waals surface area contributed by atoms with Crippen molar-refractivity contribution < 1.29 is 9.53 Å². The van der Waals surface area contributed by atoms with E-state index in [-0.39, 0.29) is 11.2 Å². The number of H-pyrrole nitrogens is 2. The van der Waals surface area contributed by atoms with Crippen LogP contribution in [0.4, 0.5) is 0 Å². The molecule has 0 radical (unpaired) electrons. The molecule has 2 heterocycles. The van der Waals surface area contributed by atoms with Gasteiger partial charge in [0.05, 0.1) is 5.56 Å². The SMILES string of the molecule is CN(C)Cc1ccc(C(=O)Oc2ccc(-n3cnc4c(=O)[nH]c(=O)[nH]c43)cc2)cc1. The van der Waals surface area contributed by atoms with E-state index in [1.54, 1.807) is 41.0 Å². The molecule has 0 aliphatic heterocycles. The Labute approximate surface area is 170 Å². The summed E-state index contributed by atoms with van der Waals surface area (Å²) < 4.78 is 7.00. The Hall–Kier alpha value is -3.98. The third-order valence-corrected chi connectivity index (χ3v) is 4.46. The number of rotatable bonds is 5. The Morgan fingerprint density at radius 3 is 2.40 bits per heavy atom. The summed E-state index contributed by atoms with van der Waals surface area (Å²) in [7, 11) is 3.96. The predicted octanol–water partition coefficient (Wildman–Crippen LogP) is 1.68. The van der Waals surface area contributed by atoms with Gasteiger partial charge in [0.25, 0.3) is 5.56 Å². The fraction of sp³-hybridized carbons (Fsp3) is 0.143. The minimum Gasteiger partial charge on any atom is -0.423 e. The molecule has 0 bridgehead atoms. The third-order valence-electron chi connectivity index (χ3n) is 4.46. The molecule has 2 N–H and O–H groups in total. The van der Waals surface area contributed by atoms with Gasteiger partial charge in [-0.1, -0.05) is 12.1 Å². The van der Waals surface area contributed by atoms with Gasteiger partial charge in [0, 0.05) is 12.2 Å². The summed E-state index contributed by atoms with van der Waals surface area (Å²) >= 11 is 0. The number of aromatic amines is 2. The number of nitrogens with one attached hydrogen (secondary N) is 2. The topological polar surface area (TPSA) is 113 Å². The van der Waals surface area contributed by atoms with Crippen molar-refractivity contribution in [2.45, 2.75) is 6.54 Å². The Kier molecular flexibility index (Phi) is 5.03. The molecule has 9 heteroatoms. The molecule has 2 aromatic heterocycles. The summed E-state index contributed by atoms with van der Waals surface area (Å²) in [4.78, 5) is 46.5. The minimum atomic E-state index is -0.614. The zero-order chi connectivity index (χ0) is 21.3. The zero-order valence-corrected chi connectivity index (χ0v) is 16.4. The maximum absolute atomic E-state index is 12.4. The van der Waals surface area contributed by atoms with Crippen molar-refractivity contribution in [3.05, 3.63) is 86.8 Å². The number of imidazole rings is 1. The van der Waals surface area contributed by atoms with Crippen molar-refractivity contribution >= 4 is 17.1 Å². The first-order valence-corrected chi connectivity index (χ1v) is 9.16. The lowest BCUT2D eigenvalue weighted by molar-refractivity contribution is 0.0734. The van der Waals surface area contributed by atoms with Gasteiger partial charge >= 0.3 is 11.7 Å². The number of esters is 1. The molecular weight excluding hydrogens is 386 g/mol. The van der Waals surface area contributed by atoms with Crippen LogP contribution in [0.3, 0.4) is 0 Å². The van der Waals surface area contributed by atoms with E-state index >= 15 is 0 Å². The van der Waals surface area contributed by atoms with Crippen molar-refractivity contribution in [1.29, 1.82) is 0 Å². The molecular formula is C21H19N5O4. The monoisotopic (exact) mass is 405 g/mol. The van der Waals surface area contributed by atoms with Crippen LogP contribution in [0, 0.1) is 0 Å². The lowest BCUT2D eigenvalue weighted by atomic mass is 10.1. The second-order valence-corrected chi connectivity index (χ2v) is 7.04. The summed E-state index contributed by atoms with van der Waals surface area (Å²) in [6, 6.07) is 13.9. The van der Waals surface area contributed by atoms with E-state index in [4.69, 9.17) is 4.74 Å². The maximum Gasteiger partial charge on any atom is 0.343 e. The number of carbonyl (C=O) groups excluding carboxylic acids is 1. The van der Waals surface area contributed by atoms with Gasteiger partial charge < -0.3 is 9.64 Å². The largest absolute Gasteiger partial charge is 0.423 e. The van der Waals surface area contributed by atoms with Crippen LogP contribution in [-0.2, 0) is 6.54 Å². The molecule has 0 fully saturated rings. The van der Waals surface area contributed by atoms with Gasteiger partial charge in [-0.25, -0.2) is 14.6 Å². The number of carbonyl (C=O) groups is 1. The van der Waals surface area contributed by atoms with E-state index in [9.17, 15) is 14.4 Å². The molecule has 4 aromatic rings.